The molecule has 0 saturated heterocycles. The van der Waals surface area contributed by atoms with E-state index < -0.39 is 0 Å². The predicted octanol–water partition coefficient (Wildman–Crippen LogP) is 2.59. The molecular weight excluding hydrogens is 293 g/mol. The molecular formula is C17H20FN5. The number of rotatable bonds is 6. The first-order valence-electron chi connectivity index (χ1n) is 7.58. The van der Waals surface area contributed by atoms with E-state index in [1.54, 1.807) is 18.3 Å². The van der Waals surface area contributed by atoms with E-state index in [0.29, 0.717) is 6.54 Å². The van der Waals surface area contributed by atoms with Crippen LogP contribution < -0.4 is 5.32 Å². The van der Waals surface area contributed by atoms with Gasteiger partial charge in [0.15, 0.2) is 5.65 Å². The van der Waals surface area contributed by atoms with Crippen LogP contribution >= 0.6 is 0 Å². The van der Waals surface area contributed by atoms with Gasteiger partial charge in [-0.05, 0) is 43.9 Å². The number of imidazole rings is 1. The third-order valence-corrected chi connectivity index (χ3v) is 3.60. The number of pyridine rings is 1. The summed E-state index contributed by atoms with van der Waals surface area (Å²) in [5.74, 6) is 0.552. The van der Waals surface area contributed by atoms with Crippen LogP contribution in [0.5, 0.6) is 0 Å². The third kappa shape index (κ3) is 3.65. The number of anilines is 1. The molecule has 1 N–H and O–H groups in total. The van der Waals surface area contributed by atoms with E-state index in [1.807, 2.05) is 30.8 Å². The zero-order valence-corrected chi connectivity index (χ0v) is 13.3. The van der Waals surface area contributed by atoms with Gasteiger partial charge in [-0.1, -0.05) is 12.1 Å². The average Bonchev–Trinajstić information content (AvgIpc) is 2.87. The Labute approximate surface area is 134 Å². The maximum Gasteiger partial charge on any atom is 0.205 e. The topological polar surface area (TPSA) is 46.0 Å². The van der Waals surface area contributed by atoms with Gasteiger partial charge in [0.25, 0.3) is 0 Å². The maximum atomic E-state index is 13.1. The number of fused-ring (bicyclic) bond motifs is 1. The Morgan fingerprint density at radius 2 is 1.96 bits per heavy atom. The van der Waals surface area contributed by atoms with Crippen LogP contribution in [0.25, 0.3) is 11.2 Å². The van der Waals surface area contributed by atoms with Gasteiger partial charge in [-0.2, -0.15) is 0 Å². The molecule has 0 aliphatic heterocycles. The van der Waals surface area contributed by atoms with Crippen LogP contribution in [0.1, 0.15) is 5.56 Å². The van der Waals surface area contributed by atoms with E-state index >= 15 is 0 Å². The Balaban J connectivity index is 1.90. The van der Waals surface area contributed by atoms with Crippen molar-refractivity contribution in [2.45, 2.75) is 6.54 Å². The third-order valence-electron chi connectivity index (χ3n) is 3.60. The molecule has 0 unspecified atom stereocenters. The number of hydrogen-bond donors (Lipinski definition) is 1. The first kappa shape index (κ1) is 15.4. The molecule has 0 aliphatic carbocycles. The number of halogens is 1. The zero-order chi connectivity index (χ0) is 16.2. The summed E-state index contributed by atoms with van der Waals surface area (Å²) in [6.07, 6.45) is 1.76. The van der Waals surface area contributed by atoms with Gasteiger partial charge in [-0.3, -0.25) is 4.57 Å². The minimum absolute atomic E-state index is 0.230. The largest absolute Gasteiger partial charge is 0.354 e. The van der Waals surface area contributed by atoms with E-state index in [0.717, 1.165) is 35.8 Å². The van der Waals surface area contributed by atoms with Crippen molar-refractivity contribution >= 4 is 17.1 Å². The molecule has 0 radical (unpaired) electrons. The Hall–Kier alpha value is -2.47. The van der Waals surface area contributed by atoms with Crippen molar-refractivity contribution in [3.8, 4) is 0 Å². The Kier molecular flexibility index (Phi) is 4.52. The summed E-state index contributed by atoms with van der Waals surface area (Å²) in [5.41, 5.74) is 2.68. The molecule has 3 aromatic rings. The molecule has 5 nitrogen and oxygen atoms in total. The van der Waals surface area contributed by atoms with E-state index in [-0.39, 0.29) is 5.82 Å². The fraction of sp³-hybridized carbons (Fsp3) is 0.294. The second-order valence-corrected chi connectivity index (χ2v) is 5.72. The fourth-order valence-corrected chi connectivity index (χ4v) is 2.41. The molecule has 2 heterocycles. The zero-order valence-electron chi connectivity index (χ0n) is 13.3. The van der Waals surface area contributed by atoms with Gasteiger partial charge in [0, 0.05) is 19.3 Å². The van der Waals surface area contributed by atoms with Crippen molar-refractivity contribution in [1.29, 1.82) is 0 Å². The highest BCUT2D eigenvalue weighted by Gasteiger charge is 2.11. The van der Waals surface area contributed by atoms with Crippen molar-refractivity contribution in [2.75, 3.05) is 32.5 Å². The molecule has 0 fully saturated rings. The summed E-state index contributed by atoms with van der Waals surface area (Å²) in [6, 6.07) is 10.3. The highest BCUT2D eigenvalue weighted by atomic mass is 19.1. The second kappa shape index (κ2) is 6.75. The molecule has 0 bridgehead atoms. The lowest BCUT2D eigenvalue weighted by atomic mass is 10.2. The lowest BCUT2D eigenvalue weighted by Gasteiger charge is -2.13. The molecule has 3 rings (SSSR count). The molecule has 0 aliphatic rings. The van der Waals surface area contributed by atoms with Gasteiger partial charge in [-0.25, -0.2) is 14.4 Å². The predicted molar refractivity (Wildman–Crippen MR) is 90.1 cm³/mol. The van der Waals surface area contributed by atoms with Crippen molar-refractivity contribution in [3.63, 3.8) is 0 Å². The highest BCUT2D eigenvalue weighted by molar-refractivity contribution is 5.74. The minimum atomic E-state index is -0.230. The number of benzene rings is 1. The van der Waals surface area contributed by atoms with Crippen molar-refractivity contribution in [1.82, 2.24) is 19.4 Å². The van der Waals surface area contributed by atoms with E-state index in [4.69, 9.17) is 0 Å². The number of nitrogens with zero attached hydrogens (tertiary/aromatic N) is 4. The molecule has 1 aromatic carbocycles. The molecule has 0 spiro atoms. The quantitative estimate of drug-likeness (QED) is 0.760. The van der Waals surface area contributed by atoms with Gasteiger partial charge >= 0.3 is 0 Å². The maximum absolute atomic E-state index is 13.1. The van der Waals surface area contributed by atoms with Gasteiger partial charge in [-0.15, -0.1) is 0 Å². The molecule has 120 valence electrons. The van der Waals surface area contributed by atoms with Crippen molar-refractivity contribution < 1.29 is 4.39 Å². The standard InChI is InChI=1S/C17H20FN5/c1-22(2)11-10-20-17-21-15-4-3-9-19-16(15)23(17)12-13-5-7-14(18)8-6-13/h3-9H,10-12H2,1-2H3,(H,20,21). The summed E-state index contributed by atoms with van der Waals surface area (Å²) < 4.78 is 15.1. The molecule has 2 aromatic heterocycles. The Morgan fingerprint density at radius 1 is 1.17 bits per heavy atom. The number of hydrogen-bond acceptors (Lipinski definition) is 4. The summed E-state index contributed by atoms with van der Waals surface area (Å²) in [6.45, 7) is 2.30. The summed E-state index contributed by atoms with van der Waals surface area (Å²) in [7, 11) is 4.06. The minimum Gasteiger partial charge on any atom is -0.354 e. The van der Waals surface area contributed by atoms with Crippen LogP contribution in [0.3, 0.4) is 0 Å². The SMILES string of the molecule is CN(C)CCNc1nc2cccnc2n1Cc1ccc(F)cc1. The van der Waals surface area contributed by atoms with E-state index in [2.05, 4.69) is 20.2 Å². The Morgan fingerprint density at radius 3 is 2.70 bits per heavy atom. The summed E-state index contributed by atoms with van der Waals surface area (Å²) in [4.78, 5) is 11.2. The van der Waals surface area contributed by atoms with Crippen molar-refractivity contribution in [2.24, 2.45) is 0 Å². The van der Waals surface area contributed by atoms with Gasteiger partial charge in [0.05, 0.1) is 6.54 Å². The summed E-state index contributed by atoms with van der Waals surface area (Å²) in [5, 5.41) is 3.36. The fourth-order valence-electron chi connectivity index (χ4n) is 2.41. The Bertz CT molecular complexity index is 779. The lowest BCUT2D eigenvalue weighted by molar-refractivity contribution is 0.424. The first-order chi connectivity index (χ1) is 11.1. The van der Waals surface area contributed by atoms with Gasteiger partial charge < -0.3 is 10.2 Å². The molecule has 6 heteroatoms. The summed E-state index contributed by atoms with van der Waals surface area (Å²) >= 11 is 0. The van der Waals surface area contributed by atoms with Gasteiger partial charge in [0.2, 0.25) is 5.95 Å². The van der Waals surface area contributed by atoms with E-state index in [9.17, 15) is 4.39 Å². The first-order valence-corrected chi connectivity index (χ1v) is 7.58. The molecule has 0 atom stereocenters. The number of aromatic nitrogens is 3. The van der Waals surface area contributed by atoms with Crippen LogP contribution in [-0.4, -0.2) is 46.6 Å². The van der Waals surface area contributed by atoms with E-state index in [1.165, 1.54) is 12.1 Å². The van der Waals surface area contributed by atoms with Crippen LogP contribution in [0.15, 0.2) is 42.6 Å². The molecule has 23 heavy (non-hydrogen) atoms. The van der Waals surface area contributed by atoms with Crippen LogP contribution in [0.4, 0.5) is 10.3 Å². The van der Waals surface area contributed by atoms with Crippen molar-refractivity contribution in [3.05, 3.63) is 54.0 Å². The average molecular weight is 313 g/mol. The highest BCUT2D eigenvalue weighted by Crippen LogP contribution is 2.19. The number of likely N-dealkylation sites (N-methyl/N-ethyl adjacent to an activating group) is 1. The lowest BCUT2D eigenvalue weighted by Crippen LogP contribution is -2.22. The van der Waals surface area contributed by atoms with Crippen LogP contribution in [0, 0.1) is 5.82 Å². The van der Waals surface area contributed by atoms with Crippen LogP contribution in [0.2, 0.25) is 0 Å². The smallest absolute Gasteiger partial charge is 0.205 e. The van der Waals surface area contributed by atoms with Gasteiger partial charge in [0.1, 0.15) is 11.3 Å². The van der Waals surface area contributed by atoms with Crippen LogP contribution in [-0.2, 0) is 6.54 Å². The normalized spacial score (nSPS) is 11.3. The monoisotopic (exact) mass is 313 g/mol. The number of nitrogens with one attached hydrogen (secondary N) is 1. The molecule has 0 amide bonds. The second-order valence-electron chi connectivity index (χ2n) is 5.72. The molecule has 0 saturated carbocycles.